The first-order valence-corrected chi connectivity index (χ1v) is 11.6. The zero-order chi connectivity index (χ0) is 25.3. The summed E-state index contributed by atoms with van der Waals surface area (Å²) in [7, 11) is 0. The first-order valence-electron chi connectivity index (χ1n) is 11.6. The molecule has 0 N–H and O–H groups in total. The predicted molar refractivity (Wildman–Crippen MR) is 123 cm³/mol. The van der Waals surface area contributed by atoms with Gasteiger partial charge in [0.05, 0.1) is 0 Å². The van der Waals surface area contributed by atoms with Crippen LogP contribution in [0.3, 0.4) is 0 Å². The van der Waals surface area contributed by atoms with Gasteiger partial charge in [0, 0.05) is 37.8 Å². The molecule has 2 atom stereocenters. The van der Waals surface area contributed by atoms with Gasteiger partial charge in [-0.3, -0.25) is 9.59 Å². The zero-order valence-electron chi connectivity index (χ0n) is 19.1. The standard InChI is InChI=1S/C25H23F3N4O4/c26-25(27,28)35-20-5-1-16(2-6-20)3-8-23(33)31-11-9-18-14-32(15-19(18)10-12-31)24(34)17-4-7-21-22(13-17)30-36-29-21/h1-8,13,18-19H,9-12,14-15H2/t18-,19+. The molecule has 2 aromatic carbocycles. The van der Waals surface area contributed by atoms with E-state index in [1.165, 1.54) is 30.3 Å². The molecule has 0 spiro atoms. The number of benzene rings is 2. The largest absolute Gasteiger partial charge is 0.573 e. The molecule has 11 heteroatoms. The van der Waals surface area contributed by atoms with E-state index >= 15 is 0 Å². The lowest BCUT2D eigenvalue weighted by Gasteiger charge is -2.21. The SMILES string of the molecule is O=C(C=Cc1ccc(OC(F)(F)F)cc1)N1CC[C@@H]2CN(C(=O)c3ccc4nonc4c3)C[C@@H]2CC1. The van der Waals surface area contributed by atoms with Crippen LogP contribution in [0.25, 0.3) is 17.1 Å². The molecule has 0 bridgehead atoms. The Hall–Kier alpha value is -3.89. The number of alkyl halides is 3. The highest BCUT2D eigenvalue weighted by Crippen LogP contribution is 2.33. The number of aromatic nitrogens is 2. The molecular formula is C25H23F3N4O4. The van der Waals surface area contributed by atoms with E-state index in [0.29, 0.717) is 60.2 Å². The number of ether oxygens (including phenoxy) is 1. The first-order chi connectivity index (χ1) is 17.2. The van der Waals surface area contributed by atoms with Gasteiger partial charge in [-0.1, -0.05) is 12.1 Å². The van der Waals surface area contributed by atoms with Gasteiger partial charge in [0.1, 0.15) is 16.8 Å². The number of hydrogen-bond acceptors (Lipinski definition) is 6. The topological polar surface area (TPSA) is 88.8 Å². The summed E-state index contributed by atoms with van der Waals surface area (Å²) in [5.41, 5.74) is 2.29. The van der Waals surface area contributed by atoms with Crippen LogP contribution >= 0.6 is 0 Å². The van der Waals surface area contributed by atoms with Crippen molar-refractivity contribution in [2.75, 3.05) is 26.2 Å². The van der Waals surface area contributed by atoms with Crippen molar-refractivity contribution >= 4 is 28.9 Å². The maximum Gasteiger partial charge on any atom is 0.573 e. The number of halogens is 3. The van der Waals surface area contributed by atoms with Gasteiger partial charge in [-0.2, -0.15) is 0 Å². The summed E-state index contributed by atoms with van der Waals surface area (Å²) >= 11 is 0. The van der Waals surface area contributed by atoms with Crippen molar-refractivity contribution in [3.8, 4) is 5.75 Å². The fourth-order valence-electron chi connectivity index (χ4n) is 4.89. The van der Waals surface area contributed by atoms with Gasteiger partial charge in [-0.15, -0.1) is 13.2 Å². The minimum Gasteiger partial charge on any atom is -0.406 e. The lowest BCUT2D eigenvalue weighted by molar-refractivity contribution is -0.274. The molecule has 1 aromatic heterocycles. The lowest BCUT2D eigenvalue weighted by Crippen LogP contribution is -2.33. The number of rotatable bonds is 4. The van der Waals surface area contributed by atoms with E-state index in [9.17, 15) is 22.8 Å². The summed E-state index contributed by atoms with van der Waals surface area (Å²) in [5.74, 6) is 0.125. The van der Waals surface area contributed by atoms with E-state index in [1.54, 1.807) is 29.2 Å². The summed E-state index contributed by atoms with van der Waals surface area (Å²) in [4.78, 5) is 29.4. The molecule has 2 saturated heterocycles. The number of carbonyl (C=O) groups excluding carboxylic acids is 2. The third kappa shape index (κ3) is 5.34. The summed E-state index contributed by atoms with van der Waals surface area (Å²) < 4.78 is 45.4. The predicted octanol–water partition coefficient (Wildman–Crippen LogP) is 4.15. The van der Waals surface area contributed by atoms with E-state index in [1.807, 2.05) is 4.90 Å². The van der Waals surface area contributed by atoms with Crippen molar-refractivity contribution in [3.63, 3.8) is 0 Å². The van der Waals surface area contributed by atoms with Gasteiger partial charge < -0.3 is 14.5 Å². The number of likely N-dealkylation sites (tertiary alicyclic amines) is 2. The third-order valence-electron chi connectivity index (χ3n) is 6.75. The van der Waals surface area contributed by atoms with Crippen LogP contribution in [0.4, 0.5) is 13.2 Å². The molecule has 2 aliphatic rings. The smallest absolute Gasteiger partial charge is 0.406 e. The normalized spacial score (nSPS) is 20.5. The van der Waals surface area contributed by atoms with Gasteiger partial charge in [0.25, 0.3) is 5.91 Å². The number of fused-ring (bicyclic) bond motifs is 2. The highest BCUT2D eigenvalue weighted by Gasteiger charge is 2.37. The zero-order valence-corrected chi connectivity index (χ0v) is 19.1. The van der Waals surface area contributed by atoms with Crippen molar-refractivity contribution in [2.24, 2.45) is 11.8 Å². The van der Waals surface area contributed by atoms with Crippen LogP contribution in [-0.2, 0) is 4.79 Å². The molecule has 3 aromatic rings. The monoisotopic (exact) mass is 500 g/mol. The van der Waals surface area contributed by atoms with Gasteiger partial charge in [0.15, 0.2) is 0 Å². The maximum atomic E-state index is 13.0. The highest BCUT2D eigenvalue weighted by molar-refractivity contribution is 5.97. The summed E-state index contributed by atoms with van der Waals surface area (Å²) in [6.45, 7) is 2.45. The van der Waals surface area contributed by atoms with Gasteiger partial charge in [-0.05, 0) is 77.0 Å². The Morgan fingerprint density at radius 2 is 1.61 bits per heavy atom. The molecule has 0 unspecified atom stereocenters. The van der Waals surface area contributed by atoms with Crippen LogP contribution in [0.1, 0.15) is 28.8 Å². The Morgan fingerprint density at radius 1 is 0.944 bits per heavy atom. The quantitative estimate of drug-likeness (QED) is 0.501. The molecule has 188 valence electrons. The molecular weight excluding hydrogens is 477 g/mol. The molecule has 2 fully saturated rings. The van der Waals surface area contributed by atoms with Crippen molar-refractivity contribution in [1.82, 2.24) is 20.1 Å². The molecule has 0 radical (unpaired) electrons. The van der Waals surface area contributed by atoms with E-state index in [4.69, 9.17) is 4.63 Å². The fourth-order valence-corrected chi connectivity index (χ4v) is 4.89. The average Bonchev–Trinajstić information content (AvgIpc) is 3.44. The summed E-state index contributed by atoms with van der Waals surface area (Å²) in [5, 5.41) is 7.56. The van der Waals surface area contributed by atoms with Crippen LogP contribution in [0, 0.1) is 11.8 Å². The van der Waals surface area contributed by atoms with Crippen LogP contribution in [0.2, 0.25) is 0 Å². The first kappa shape index (κ1) is 23.8. The van der Waals surface area contributed by atoms with Crippen molar-refractivity contribution in [1.29, 1.82) is 0 Å². The number of hydrogen-bond donors (Lipinski definition) is 0. The average molecular weight is 500 g/mol. The minimum absolute atomic E-state index is 0.0458. The second-order valence-corrected chi connectivity index (χ2v) is 9.05. The minimum atomic E-state index is -4.74. The lowest BCUT2D eigenvalue weighted by atomic mass is 9.92. The molecule has 5 rings (SSSR count). The van der Waals surface area contributed by atoms with Gasteiger partial charge in [0.2, 0.25) is 5.91 Å². The second kappa shape index (κ2) is 9.63. The fraction of sp³-hybridized carbons (Fsp3) is 0.360. The van der Waals surface area contributed by atoms with Gasteiger partial charge in [-0.25, -0.2) is 4.63 Å². The second-order valence-electron chi connectivity index (χ2n) is 9.05. The summed E-state index contributed by atoms with van der Waals surface area (Å²) in [6, 6.07) is 10.5. The highest BCUT2D eigenvalue weighted by atomic mass is 19.4. The Balaban J connectivity index is 1.15. The molecule has 0 aliphatic carbocycles. The van der Waals surface area contributed by atoms with Crippen LogP contribution in [0.5, 0.6) is 5.75 Å². The molecule has 8 nitrogen and oxygen atoms in total. The van der Waals surface area contributed by atoms with E-state index in [0.717, 1.165) is 12.8 Å². The summed E-state index contributed by atoms with van der Waals surface area (Å²) in [6.07, 6.45) is -0.140. The van der Waals surface area contributed by atoms with Crippen molar-refractivity contribution in [2.45, 2.75) is 19.2 Å². The molecule has 2 aliphatic heterocycles. The molecule has 3 heterocycles. The van der Waals surface area contributed by atoms with E-state index < -0.39 is 6.36 Å². The molecule has 2 amide bonds. The molecule has 36 heavy (non-hydrogen) atoms. The Bertz CT molecular complexity index is 1270. The third-order valence-corrected chi connectivity index (χ3v) is 6.75. The van der Waals surface area contributed by atoms with E-state index in [2.05, 4.69) is 15.1 Å². The Morgan fingerprint density at radius 3 is 2.28 bits per heavy atom. The number of amides is 2. The van der Waals surface area contributed by atoms with E-state index in [-0.39, 0.29) is 17.6 Å². The van der Waals surface area contributed by atoms with Crippen LogP contribution in [-0.4, -0.2) is 64.5 Å². The molecule has 0 saturated carbocycles. The number of nitrogens with zero attached hydrogens (tertiary/aromatic N) is 4. The number of carbonyl (C=O) groups is 2. The Labute approximate surface area is 204 Å². The van der Waals surface area contributed by atoms with Crippen molar-refractivity contribution < 1.29 is 32.1 Å². The van der Waals surface area contributed by atoms with Gasteiger partial charge >= 0.3 is 6.36 Å². The van der Waals surface area contributed by atoms with Crippen molar-refractivity contribution in [3.05, 3.63) is 59.7 Å². The van der Waals surface area contributed by atoms with Crippen LogP contribution in [0.15, 0.2) is 53.2 Å². The Kier molecular flexibility index (Phi) is 6.38. The maximum absolute atomic E-state index is 13.0. The van der Waals surface area contributed by atoms with Crippen LogP contribution < -0.4 is 4.74 Å².